The van der Waals surface area contributed by atoms with Gasteiger partial charge in [-0.2, -0.15) is 0 Å². The molecule has 3 heterocycles. The number of amides is 1. The highest BCUT2D eigenvalue weighted by Gasteiger charge is 2.49. The van der Waals surface area contributed by atoms with E-state index in [1.807, 2.05) is 6.08 Å². The number of hydrogen-bond acceptors (Lipinski definition) is 8. The Labute approximate surface area is 213 Å². The summed E-state index contributed by atoms with van der Waals surface area (Å²) in [5.74, 6) is -0.808. The zero-order valence-corrected chi connectivity index (χ0v) is 21.1. The van der Waals surface area contributed by atoms with Gasteiger partial charge in [-0.1, -0.05) is 24.3 Å². The van der Waals surface area contributed by atoms with Crippen LogP contribution in [0.5, 0.6) is 0 Å². The van der Waals surface area contributed by atoms with Crippen LogP contribution in [0.2, 0.25) is 0 Å². The minimum absolute atomic E-state index is 0.135. The number of hydrogen-bond donors (Lipinski definition) is 5. The molecule has 1 aromatic rings. The molecule has 0 bridgehead atoms. The van der Waals surface area contributed by atoms with E-state index < -0.39 is 53.4 Å². The molecule has 194 valence electrons. The average Bonchev–Trinajstić information content (AvgIpc) is 3.12. The highest BCUT2D eigenvalue weighted by atomic mass is 35.5. The fourth-order valence-electron chi connectivity index (χ4n) is 5.03. The third-order valence-corrected chi connectivity index (χ3v) is 8.05. The van der Waals surface area contributed by atoms with E-state index in [4.69, 9.17) is 21.1 Å². The molecule has 10 atom stereocenters. The summed E-state index contributed by atoms with van der Waals surface area (Å²) >= 11 is 7.57. The van der Waals surface area contributed by atoms with Crippen LogP contribution in [0.4, 0.5) is 4.39 Å². The molecule has 8 nitrogen and oxygen atoms in total. The van der Waals surface area contributed by atoms with Gasteiger partial charge in [0.15, 0.2) is 0 Å². The number of aliphatic hydroxyl groups excluding tert-OH is 3. The van der Waals surface area contributed by atoms with E-state index in [9.17, 15) is 24.5 Å². The van der Waals surface area contributed by atoms with Crippen molar-refractivity contribution in [2.75, 3.05) is 19.4 Å². The van der Waals surface area contributed by atoms with Crippen molar-refractivity contribution in [3.05, 3.63) is 41.7 Å². The summed E-state index contributed by atoms with van der Waals surface area (Å²) in [6, 6.07) is 5.07. The number of aliphatic hydroxyl groups is 3. The van der Waals surface area contributed by atoms with E-state index in [0.29, 0.717) is 25.1 Å². The van der Waals surface area contributed by atoms with E-state index in [-0.39, 0.29) is 17.6 Å². The number of nitrogens with one attached hydrogen (secondary N) is 2. The molecule has 3 aliphatic heterocycles. The Kier molecular flexibility index (Phi) is 8.76. The number of thioether (sulfide) groups is 1. The first-order valence-corrected chi connectivity index (χ1v) is 13.4. The zero-order valence-electron chi connectivity index (χ0n) is 19.5. The van der Waals surface area contributed by atoms with Gasteiger partial charge in [-0.3, -0.25) is 4.79 Å². The topological polar surface area (TPSA) is 120 Å². The molecule has 0 radical (unpaired) electrons. The number of benzene rings is 1. The van der Waals surface area contributed by atoms with E-state index in [2.05, 4.69) is 10.6 Å². The van der Waals surface area contributed by atoms with Crippen LogP contribution in [0.3, 0.4) is 0 Å². The largest absolute Gasteiger partial charge is 0.388 e. The molecule has 5 N–H and O–H groups in total. The number of carbonyl (C=O) groups is 1. The predicted octanol–water partition coefficient (Wildman–Crippen LogP) is 0.869. The van der Waals surface area contributed by atoms with Gasteiger partial charge in [0.05, 0.1) is 24.1 Å². The first-order valence-electron chi connectivity index (χ1n) is 11.7. The lowest BCUT2D eigenvalue weighted by molar-refractivity contribution is -0.205. The predicted molar refractivity (Wildman–Crippen MR) is 131 cm³/mol. The van der Waals surface area contributed by atoms with E-state index in [1.165, 1.54) is 17.8 Å². The van der Waals surface area contributed by atoms with Crippen LogP contribution < -0.4 is 10.6 Å². The molecule has 0 aromatic heterocycles. The lowest BCUT2D eigenvalue weighted by Crippen LogP contribution is -2.65. The second-order valence-electron chi connectivity index (χ2n) is 9.20. The highest BCUT2D eigenvalue weighted by Crippen LogP contribution is 2.33. The summed E-state index contributed by atoms with van der Waals surface area (Å²) in [6.45, 7) is 2.47. The van der Waals surface area contributed by atoms with Crippen molar-refractivity contribution in [3.8, 4) is 0 Å². The molecule has 2 fully saturated rings. The Morgan fingerprint density at radius 1 is 1.26 bits per heavy atom. The number of alkyl halides is 1. The van der Waals surface area contributed by atoms with Crippen LogP contribution >= 0.6 is 23.4 Å². The van der Waals surface area contributed by atoms with Crippen LogP contribution in [0, 0.1) is 11.7 Å². The second-order valence-corrected chi connectivity index (χ2v) is 10.8. The standard InChI is InChI=1S/C24H32ClFN2O6S/c1-11(25)16(22-19(30)18(29)20(31)24(34-22)35-2)28-23(32)17-21-13(10-27-17)9-12(7-8-33-21)14-5-3-4-6-15(14)26/h3-6,9,11,13,16-22,24,27,29-31H,7-8,10H2,1-2H3,(H,28,32)/t11-,13-,16+,17-,18+,19?,20+,21+,22+,24?/m0/s1. The van der Waals surface area contributed by atoms with Gasteiger partial charge in [0.1, 0.15) is 41.7 Å². The van der Waals surface area contributed by atoms with Gasteiger partial charge in [0.2, 0.25) is 5.91 Å². The Morgan fingerprint density at radius 2 is 2.00 bits per heavy atom. The monoisotopic (exact) mass is 530 g/mol. The van der Waals surface area contributed by atoms with Crippen molar-refractivity contribution in [1.29, 1.82) is 0 Å². The molecule has 4 rings (SSSR count). The zero-order chi connectivity index (χ0) is 25.3. The molecule has 1 aromatic carbocycles. The quantitative estimate of drug-likeness (QED) is 0.344. The maximum Gasteiger partial charge on any atom is 0.240 e. The van der Waals surface area contributed by atoms with Crippen molar-refractivity contribution >= 4 is 34.8 Å². The molecule has 11 heteroatoms. The molecule has 0 saturated carbocycles. The number of carbonyl (C=O) groups excluding carboxylic acids is 1. The summed E-state index contributed by atoms with van der Waals surface area (Å²) < 4.78 is 26.2. The van der Waals surface area contributed by atoms with Crippen LogP contribution in [0.1, 0.15) is 18.9 Å². The first kappa shape index (κ1) is 26.8. The molecule has 3 aliphatic rings. The number of ether oxygens (including phenoxy) is 2. The molecule has 2 unspecified atom stereocenters. The molecule has 0 aliphatic carbocycles. The summed E-state index contributed by atoms with van der Waals surface area (Å²) in [7, 11) is 0. The van der Waals surface area contributed by atoms with Gasteiger partial charge < -0.3 is 35.4 Å². The Morgan fingerprint density at radius 3 is 2.69 bits per heavy atom. The fraction of sp³-hybridized carbons (Fsp3) is 0.625. The maximum atomic E-state index is 14.3. The average molecular weight is 531 g/mol. The number of rotatable bonds is 6. The van der Waals surface area contributed by atoms with E-state index in [0.717, 1.165) is 5.57 Å². The Hall–Kier alpha value is -1.24. The summed E-state index contributed by atoms with van der Waals surface area (Å²) in [6.07, 6.45) is -1.43. The minimum Gasteiger partial charge on any atom is -0.388 e. The number of halogens is 2. The molecule has 35 heavy (non-hydrogen) atoms. The van der Waals surface area contributed by atoms with Gasteiger partial charge in [-0.15, -0.1) is 23.4 Å². The van der Waals surface area contributed by atoms with Crippen molar-refractivity contribution in [2.24, 2.45) is 5.92 Å². The van der Waals surface area contributed by atoms with E-state index in [1.54, 1.807) is 31.4 Å². The normalized spacial score (nSPS) is 37.1. The highest BCUT2D eigenvalue weighted by molar-refractivity contribution is 7.99. The van der Waals surface area contributed by atoms with Crippen molar-refractivity contribution in [2.45, 2.75) is 66.8 Å². The smallest absolute Gasteiger partial charge is 0.240 e. The molecule has 0 spiro atoms. The van der Waals surface area contributed by atoms with Crippen LogP contribution in [-0.4, -0.2) is 94.1 Å². The van der Waals surface area contributed by atoms with Crippen molar-refractivity contribution in [1.82, 2.24) is 10.6 Å². The van der Waals surface area contributed by atoms with Gasteiger partial charge in [-0.25, -0.2) is 4.39 Å². The van der Waals surface area contributed by atoms with Crippen LogP contribution in [0.25, 0.3) is 5.57 Å². The maximum absolute atomic E-state index is 14.3. The third-order valence-electron chi connectivity index (χ3n) is 6.92. The van der Waals surface area contributed by atoms with E-state index >= 15 is 0 Å². The Bertz CT molecular complexity index is 937. The van der Waals surface area contributed by atoms with Gasteiger partial charge in [-0.05, 0) is 31.2 Å². The summed E-state index contributed by atoms with van der Waals surface area (Å²) in [5, 5.41) is 36.4. The lowest BCUT2D eigenvalue weighted by Gasteiger charge is -2.44. The molecular weight excluding hydrogens is 499 g/mol. The SMILES string of the molecule is CSC1O[C@H]([C@H](NC(=O)[C@H]2NC[C@@H]3C=C(c4ccccc4F)CCO[C@@H]23)[C@H](C)Cl)C(O)[C@@H](O)[C@H]1O. The lowest BCUT2D eigenvalue weighted by atomic mass is 9.92. The number of fused-ring (bicyclic) bond motifs is 1. The minimum atomic E-state index is -1.44. The molecular formula is C24H32ClFN2O6S. The van der Waals surface area contributed by atoms with Crippen LogP contribution in [0.15, 0.2) is 30.3 Å². The van der Waals surface area contributed by atoms with Gasteiger partial charge in [0, 0.05) is 18.0 Å². The van der Waals surface area contributed by atoms with Gasteiger partial charge in [0.25, 0.3) is 0 Å². The third kappa shape index (κ3) is 5.55. The van der Waals surface area contributed by atoms with Crippen molar-refractivity contribution in [3.63, 3.8) is 0 Å². The first-order chi connectivity index (χ1) is 16.7. The van der Waals surface area contributed by atoms with Crippen molar-refractivity contribution < 1.29 is 34.0 Å². The summed E-state index contributed by atoms with van der Waals surface area (Å²) in [4.78, 5) is 13.3. The van der Waals surface area contributed by atoms with Gasteiger partial charge >= 0.3 is 0 Å². The molecule has 1 amide bonds. The Balaban J connectivity index is 1.49. The molecule has 2 saturated heterocycles. The second kappa shape index (κ2) is 11.4. The fourth-order valence-corrected chi connectivity index (χ4v) is 5.91. The van der Waals surface area contributed by atoms with Crippen LogP contribution in [-0.2, 0) is 14.3 Å². The summed E-state index contributed by atoms with van der Waals surface area (Å²) in [5.41, 5.74) is 0.600.